The summed E-state index contributed by atoms with van der Waals surface area (Å²) in [6.07, 6.45) is 2.78. The minimum absolute atomic E-state index is 0.0518. The number of methoxy groups -OCH3 is 1. The van der Waals surface area contributed by atoms with Gasteiger partial charge in [0.15, 0.2) is 17.3 Å². The van der Waals surface area contributed by atoms with Gasteiger partial charge in [-0.2, -0.15) is 9.65 Å². The largest absolute Gasteiger partial charge is 0.493 e. The predicted octanol–water partition coefficient (Wildman–Crippen LogP) is 3.25. The Kier molecular flexibility index (Phi) is 4.54. The molecular weight excluding hydrogens is 354 g/mol. The summed E-state index contributed by atoms with van der Waals surface area (Å²) in [4.78, 5) is 26.8. The van der Waals surface area contributed by atoms with E-state index in [2.05, 4.69) is 0 Å². The smallest absolute Gasteiger partial charge is 0.257 e. The zero-order valence-corrected chi connectivity index (χ0v) is 15.4. The van der Waals surface area contributed by atoms with Crippen molar-refractivity contribution in [3.8, 4) is 11.8 Å². The third kappa shape index (κ3) is 3.09. The van der Waals surface area contributed by atoms with E-state index in [1.807, 2.05) is 6.07 Å². The molecule has 1 amide bonds. The summed E-state index contributed by atoms with van der Waals surface area (Å²) in [5, 5.41) is 9.30. The molecule has 0 N–H and O–H groups in total. The van der Waals surface area contributed by atoms with E-state index >= 15 is 0 Å². The van der Waals surface area contributed by atoms with Gasteiger partial charge in [-0.05, 0) is 25.0 Å². The molecule has 0 unspecified atom stereocenters. The number of likely N-dealkylation sites (tertiary alicyclic amines) is 1. The van der Waals surface area contributed by atoms with Gasteiger partial charge in [0.25, 0.3) is 5.91 Å². The van der Waals surface area contributed by atoms with Gasteiger partial charge < -0.3 is 9.64 Å². The monoisotopic (exact) mass is 374 g/mol. The molecule has 0 bridgehead atoms. The molecule has 1 aromatic rings. The number of halogens is 2. The van der Waals surface area contributed by atoms with Crippen LogP contribution in [0.15, 0.2) is 23.8 Å². The molecule has 2 aliphatic rings. The van der Waals surface area contributed by atoms with Crippen LogP contribution in [0.1, 0.15) is 37.0 Å². The topological polar surface area (TPSA) is 70.4 Å². The molecule has 0 radical (unpaired) electrons. The Hall–Kier alpha value is -2.75. The lowest BCUT2D eigenvalue weighted by atomic mass is 9.64. The minimum Gasteiger partial charge on any atom is -0.493 e. The Balaban J connectivity index is 1.92. The Morgan fingerprint density at radius 2 is 2.04 bits per heavy atom. The molecule has 7 heteroatoms. The number of amides is 1. The number of ether oxygens (including phenoxy) is 1. The van der Waals surface area contributed by atoms with Crippen molar-refractivity contribution in [2.45, 2.75) is 26.7 Å². The average Bonchev–Trinajstić information content (AvgIpc) is 3.02. The molecule has 1 saturated heterocycles. The summed E-state index contributed by atoms with van der Waals surface area (Å²) in [5.41, 5.74) is -1.11. The van der Waals surface area contributed by atoms with E-state index in [1.165, 1.54) is 18.1 Å². The van der Waals surface area contributed by atoms with Crippen LogP contribution in [0.25, 0.3) is 0 Å². The highest BCUT2D eigenvalue weighted by Gasteiger charge is 2.49. The molecule has 1 spiro atoms. The zero-order valence-electron chi connectivity index (χ0n) is 15.4. The Bertz CT molecular complexity index is 901. The van der Waals surface area contributed by atoms with Gasteiger partial charge in [-0.1, -0.05) is 19.9 Å². The number of hydrogen-bond donors (Lipinski definition) is 0. The molecule has 1 aliphatic heterocycles. The lowest BCUT2D eigenvalue weighted by Gasteiger charge is -2.38. The van der Waals surface area contributed by atoms with Crippen LogP contribution in [0.2, 0.25) is 0 Å². The maximum atomic E-state index is 13.9. The number of rotatable bonds is 2. The van der Waals surface area contributed by atoms with Crippen LogP contribution < -0.4 is 4.74 Å². The zero-order chi connectivity index (χ0) is 20.0. The molecule has 27 heavy (non-hydrogen) atoms. The van der Waals surface area contributed by atoms with E-state index < -0.39 is 34.1 Å². The maximum absolute atomic E-state index is 13.9. The van der Waals surface area contributed by atoms with Crippen LogP contribution >= 0.6 is 0 Å². The summed E-state index contributed by atoms with van der Waals surface area (Å²) in [5.74, 6) is -3.37. The van der Waals surface area contributed by atoms with Gasteiger partial charge in [-0.3, -0.25) is 9.59 Å². The fraction of sp³-hybridized carbons (Fsp3) is 0.450. The Labute approximate surface area is 156 Å². The Morgan fingerprint density at radius 1 is 1.33 bits per heavy atom. The third-order valence-corrected chi connectivity index (χ3v) is 5.38. The number of hydrogen-bond acceptors (Lipinski definition) is 4. The van der Waals surface area contributed by atoms with E-state index in [0.29, 0.717) is 25.9 Å². The van der Waals surface area contributed by atoms with Crippen molar-refractivity contribution in [3.63, 3.8) is 0 Å². The highest BCUT2D eigenvalue weighted by molar-refractivity contribution is 6.04. The van der Waals surface area contributed by atoms with Crippen LogP contribution in [0, 0.1) is 33.8 Å². The lowest BCUT2D eigenvalue weighted by Crippen LogP contribution is -2.40. The van der Waals surface area contributed by atoms with Crippen molar-refractivity contribution in [1.82, 2.24) is 4.90 Å². The molecular formula is C20H20F2N2O3. The molecule has 5 nitrogen and oxygen atoms in total. The van der Waals surface area contributed by atoms with Gasteiger partial charge in [-0.15, -0.1) is 0 Å². The van der Waals surface area contributed by atoms with Crippen molar-refractivity contribution in [1.29, 1.82) is 5.26 Å². The molecule has 1 fully saturated rings. The second kappa shape index (κ2) is 6.45. The van der Waals surface area contributed by atoms with Crippen molar-refractivity contribution >= 4 is 11.7 Å². The highest BCUT2D eigenvalue weighted by Crippen LogP contribution is 2.48. The van der Waals surface area contributed by atoms with Crippen LogP contribution in [0.5, 0.6) is 5.75 Å². The second-order valence-corrected chi connectivity index (χ2v) is 7.84. The summed E-state index contributed by atoms with van der Waals surface area (Å²) in [7, 11) is 1.18. The fourth-order valence-corrected chi connectivity index (χ4v) is 4.23. The first-order valence-corrected chi connectivity index (χ1v) is 8.63. The number of ketones is 1. The average molecular weight is 374 g/mol. The van der Waals surface area contributed by atoms with E-state index in [-0.39, 0.29) is 16.9 Å². The molecule has 0 saturated carbocycles. The first kappa shape index (κ1) is 19.0. The van der Waals surface area contributed by atoms with Gasteiger partial charge in [0, 0.05) is 23.9 Å². The number of allylic oxidation sites excluding steroid dienone is 1. The van der Waals surface area contributed by atoms with Crippen molar-refractivity contribution in [3.05, 3.63) is 41.0 Å². The number of Topliss-reactive ketones (excluding diaryl/α,β-unsaturated/α-hetero) is 1. The van der Waals surface area contributed by atoms with Crippen molar-refractivity contribution in [2.75, 3.05) is 20.2 Å². The normalized spacial score (nSPS) is 23.9. The maximum Gasteiger partial charge on any atom is 0.257 e. The first-order valence-electron chi connectivity index (χ1n) is 8.63. The summed E-state index contributed by atoms with van der Waals surface area (Å²) < 4.78 is 32.3. The van der Waals surface area contributed by atoms with E-state index in [4.69, 9.17) is 4.74 Å². The van der Waals surface area contributed by atoms with Crippen LogP contribution in [-0.2, 0) is 4.79 Å². The fourth-order valence-electron chi connectivity index (χ4n) is 4.23. The summed E-state index contributed by atoms with van der Waals surface area (Å²) in [6, 6.07) is 4.06. The number of benzene rings is 1. The van der Waals surface area contributed by atoms with Crippen LogP contribution in [0.4, 0.5) is 8.78 Å². The number of nitriles is 1. The van der Waals surface area contributed by atoms with E-state index in [0.717, 1.165) is 6.07 Å². The molecule has 1 aromatic carbocycles. The van der Waals surface area contributed by atoms with Gasteiger partial charge in [-0.25, -0.2) is 4.39 Å². The number of nitrogens with zero attached hydrogens (tertiary/aromatic N) is 2. The SMILES string of the molecule is COc1c(C(=O)N2CC[C@]3(C=C(C#N)C(=O)C(C)(C)C3)C2)ccc(F)c1F. The van der Waals surface area contributed by atoms with Gasteiger partial charge in [0.1, 0.15) is 6.07 Å². The van der Waals surface area contributed by atoms with E-state index in [1.54, 1.807) is 19.9 Å². The number of carbonyl (C=O) groups is 2. The lowest BCUT2D eigenvalue weighted by molar-refractivity contribution is -0.125. The molecule has 3 rings (SSSR count). The summed E-state index contributed by atoms with van der Waals surface area (Å²) >= 11 is 0. The third-order valence-electron chi connectivity index (χ3n) is 5.38. The highest BCUT2D eigenvalue weighted by atomic mass is 19.2. The van der Waals surface area contributed by atoms with Gasteiger partial charge in [0.2, 0.25) is 5.82 Å². The molecule has 142 valence electrons. The van der Waals surface area contributed by atoms with Crippen LogP contribution in [-0.4, -0.2) is 36.8 Å². The van der Waals surface area contributed by atoms with Gasteiger partial charge in [0.05, 0.1) is 18.2 Å². The second-order valence-electron chi connectivity index (χ2n) is 7.84. The Morgan fingerprint density at radius 3 is 2.67 bits per heavy atom. The molecule has 1 heterocycles. The minimum atomic E-state index is -1.20. The molecule has 1 aliphatic carbocycles. The quantitative estimate of drug-likeness (QED) is 0.797. The molecule has 0 aromatic heterocycles. The summed E-state index contributed by atoms with van der Waals surface area (Å²) in [6.45, 7) is 4.28. The van der Waals surface area contributed by atoms with Crippen molar-refractivity contribution in [2.24, 2.45) is 10.8 Å². The standard InChI is InChI=1S/C20H20F2N2O3/c1-19(2)10-20(8-12(9-23)17(19)25)6-7-24(11-20)18(26)13-4-5-14(21)15(22)16(13)27-3/h4-5,8H,6-7,10-11H2,1-3H3/t20-/m1/s1. The molecule has 1 atom stereocenters. The predicted molar refractivity (Wildman–Crippen MR) is 93.0 cm³/mol. The van der Waals surface area contributed by atoms with Crippen molar-refractivity contribution < 1.29 is 23.1 Å². The first-order chi connectivity index (χ1) is 12.6. The van der Waals surface area contributed by atoms with Gasteiger partial charge >= 0.3 is 0 Å². The van der Waals surface area contributed by atoms with Crippen LogP contribution in [0.3, 0.4) is 0 Å². The van der Waals surface area contributed by atoms with E-state index in [9.17, 15) is 23.6 Å². The number of carbonyl (C=O) groups excluding carboxylic acids is 2.